The van der Waals surface area contributed by atoms with Gasteiger partial charge in [-0.05, 0) is 6.92 Å². The minimum Gasteiger partial charge on any atom is -0.344 e. The van der Waals surface area contributed by atoms with Gasteiger partial charge in [-0.2, -0.15) is 0 Å². The summed E-state index contributed by atoms with van der Waals surface area (Å²) in [5.41, 5.74) is 1.32. The first kappa shape index (κ1) is 39.4. The molecule has 3 heteroatoms. The molecule has 0 saturated heterocycles. The molecular formula is C32H67ClNP. The van der Waals surface area contributed by atoms with E-state index < -0.39 is 7.26 Å². The second-order valence-electron chi connectivity index (χ2n) is 11.0. The third kappa shape index (κ3) is 28.3. The number of unbranched alkanes of at least 4 members (excludes halogenated alkanes) is 15. The Labute approximate surface area is 229 Å². The molecule has 1 aromatic carbocycles. The number of rotatable bonds is 21. The van der Waals surface area contributed by atoms with Crippen LogP contribution >= 0.6 is 19.7 Å². The Kier molecular flexibility index (Phi) is 33.9. The molecule has 3 N–H and O–H groups in total. The molecule has 0 aliphatic carbocycles. The average Bonchev–Trinajstić information content (AvgIpc) is 2.82. The molecule has 0 heterocycles. The third-order valence-corrected chi connectivity index (χ3v) is 12.0. The summed E-state index contributed by atoms with van der Waals surface area (Å²) in [5, 5.41) is 0. The van der Waals surface area contributed by atoms with Gasteiger partial charge < -0.3 is 6.15 Å². The van der Waals surface area contributed by atoms with Crippen molar-refractivity contribution in [3.8, 4) is 0 Å². The van der Waals surface area contributed by atoms with Crippen molar-refractivity contribution in [2.45, 2.75) is 143 Å². The Morgan fingerprint density at radius 3 is 1.03 bits per heavy atom. The average molecular weight is 532 g/mol. The Bertz CT molecular complexity index is 453. The summed E-state index contributed by atoms with van der Waals surface area (Å²) >= 11 is 0. The summed E-state index contributed by atoms with van der Waals surface area (Å²) in [4.78, 5) is 0. The first-order valence-electron chi connectivity index (χ1n) is 15.1. The summed E-state index contributed by atoms with van der Waals surface area (Å²) in [6.07, 6.45) is 31.4. The molecule has 1 rings (SSSR count). The fraction of sp³-hybridized carbons (Fsp3) is 0.812. The van der Waals surface area contributed by atoms with Crippen LogP contribution in [0.4, 0.5) is 0 Å². The van der Waals surface area contributed by atoms with Gasteiger partial charge in [-0.15, -0.1) is 12.4 Å². The minimum absolute atomic E-state index is 0. The molecule has 0 aliphatic heterocycles. The summed E-state index contributed by atoms with van der Waals surface area (Å²) < 4.78 is 0. The van der Waals surface area contributed by atoms with Crippen LogP contribution in [0.3, 0.4) is 0 Å². The molecule has 1 nitrogen and oxygen atoms in total. The van der Waals surface area contributed by atoms with Crippen molar-refractivity contribution in [2.24, 2.45) is 0 Å². The van der Waals surface area contributed by atoms with Crippen LogP contribution in [0, 0.1) is 6.92 Å². The normalized spacial score (nSPS) is 11.1. The van der Waals surface area contributed by atoms with Crippen molar-refractivity contribution >= 4 is 19.7 Å². The van der Waals surface area contributed by atoms with E-state index in [2.05, 4.69) is 46.5 Å². The summed E-state index contributed by atoms with van der Waals surface area (Å²) in [5.74, 6) is 0. The molecular weight excluding hydrogens is 465 g/mol. The van der Waals surface area contributed by atoms with Gasteiger partial charge in [0.05, 0.1) is 0 Å². The third-order valence-electron chi connectivity index (χ3n) is 7.34. The van der Waals surface area contributed by atoms with Crippen LogP contribution in [0.5, 0.6) is 0 Å². The predicted octanol–water partition coefficient (Wildman–Crippen LogP) is 12.0. The fourth-order valence-electron chi connectivity index (χ4n) is 4.91. The molecule has 0 atom stereocenters. The van der Waals surface area contributed by atoms with Crippen molar-refractivity contribution in [3.05, 3.63) is 35.9 Å². The minimum atomic E-state index is -0.955. The van der Waals surface area contributed by atoms with E-state index in [0.717, 1.165) is 0 Å². The first-order chi connectivity index (χ1) is 16.1. The zero-order valence-electron chi connectivity index (χ0n) is 24.9. The number of hydrogen-bond donors (Lipinski definition) is 1. The van der Waals surface area contributed by atoms with E-state index in [-0.39, 0.29) is 18.6 Å². The number of benzene rings is 1. The zero-order chi connectivity index (χ0) is 24.5. The van der Waals surface area contributed by atoms with Crippen LogP contribution in [-0.2, 0) is 0 Å². The molecule has 0 aromatic heterocycles. The zero-order valence-corrected chi connectivity index (χ0v) is 26.7. The SMILES string of the molecule is CCCCCCCC[PH](C)(CCCCCCCC)CCCCCCCC.Cc1ccccc1.Cl.N. The Morgan fingerprint density at radius 2 is 0.771 bits per heavy atom. The molecule has 0 unspecified atom stereocenters. The van der Waals surface area contributed by atoms with Gasteiger partial charge in [0.2, 0.25) is 0 Å². The number of hydrogen-bond acceptors (Lipinski definition) is 1. The first-order valence-corrected chi connectivity index (χ1v) is 18.2. The molecule has 0 radical (unpaired) electrons. The van der Waals surface area contributed by atoms with Crippen LogP contribution < -0.4 is 6.15 Å². The van der Waals surface area contributed by atoms with Crippen LogP contribution in [0.15, 0.2) is 30.3 Å². The van der Waals surface area contributed by atoms with E-state index in [1.807, 2.05) is 18.2 Å². The molecule has 0 fully saturated rings. The molecule has 212 valence electrons. The quantitative estimate of drug-likeness (QED) is 0.124. The van der Waals surface area contributed by atoms with Crippen molar-refractivity contribution in [1.29, 1.82) is 0 Å². The fourth-order valence-corrected chi connectivity index (χ4v) is 8.97. The van der Waals surface area contributed by atoms with Gasteiger partial charge in [0, 0.05) is 0 Å². The maximum atomic E-state index is 2.76. The van der Waals surface area contributed by atoms with Gasteiger partial charge in [0.15, 0.2) is 0 Å². The van der Waals surface area contributed by atoms with Crippen LogP contribution in [0.1, 0.15) is 142 Å². The van der Waals surface area contributed by atoms with Gasteiger partial charge in [-0.25, -0.2) is 0 Å². The number of aryl methyl sites for hydroxylation is 1. The van der Waals surface area contributed by atoms with Crippen LogP contribution in [0.2, 0.25) is 0 Å². The second kappa shape index (κ2) is 30.1. The summed E-state index contributed by atoms with van der Waals surface area (Å²) in [7, 11) is -0.955. The largest absolute Gasteiger partial charge is 0.344 e. The van der Waals surface area contributed by atoms with Gasteiger partial charge in [0.1, 0.15) is 0 Å². The molecule has 0 aliphatic rings. The standard InChI is InChI=1S/C25H55P.C7H8.ClH.H3N/c1-5-8-11-14-17-20-23-26(4,24-21-18-15-12-9-6-2)25-22-19-16-13-10-7-3;1-7-5-3-2-4-6-7;;/h26H,5-25H2,1-4H3;2-6H,1H3;1H;1H3. The Balaban J connectivity index is -0.000000969. The van der Waals surface area contributed by atoms with E-state index >= 15 is 0 Å². The second-order valence-corrected chi connectivity index (χ2v) is 16.1. The van der Waals surface area contributed by atoms with E-state index in [4.69, 9.17) is 0 Å². The molecule has 35 heavy (non-hydrogen) atoms. The van der Waals surface area contributed by atoms with Gasteiger partial charge in [-0.1, -0.05) is 35.9 Å². The van der Waals surface area contributed by atoms with E-state index in [9.17, 15) is 0 Å². The van der Waals surface area contributed by atoms with E-state index in [0.29, 0.717) is 0 Å². The maximum absolute atomic E-state index is 2.76. The van der Waals surface area contributed by atoms with E-state index in [1.165, 1.54) is 121 Å². The smallest absolute Gasteiger partial charge is 0.0398 e. The summed E-state index contributed by atoms with van der Waals surface area (Å²) in [6.45, 7) is 11.8. The van der Waals surface area contributed by atoms with E-state index in [1.54, 1.807) is 18.5 Å². The van der Waals surface area contributed by atoms with Crippen molar-refractivity contribution in [1.82, 2.24) is 6.15 Å². The van der Waals surface area contributed by atoms with Gasteiger partial charge >= 0.3 is 169 Å². The molecule has 0 amide bonds. The predicted molar refractivity (Wildman–Crippen MR) is 172 cm³/mol. The molecule has 1 aromatic rings. The van der Waals surface area contributed by atoms with Crippen molar-refractivity contribution in [3.63, 3.8) is 0 Å². The number of halogens is 1. The van der Waals surface area contributed by atoms with Crippen LogP contribution in [0.25, 0.3) is 0 Å². The summed E-state index contributed by atoms with van der Waals surface area (Å²) in [6, 6.07) is 10.3. The Morgan fingerprint density at radius 1 is 0.486 bits per heavy atom. The monoisotopic (exact) mass is 531 g/mol. The van der Waals surface area contributed by atoms with Crippen molar-refractivity contribution < 1.29 is 0 Å². The molecule has 0 saturated carbocycles. The van der Waals surface area contributed by atoms with Crippen LogP contribution in [-0.4, -0.2) is 25.2 Å². The maximum Gasteiger partial charge on any atom is -0.0398 e. The van der Waals surface area contributed by atoms with Crippen molar-refractivity contribution in [2.75, 3.05) is 25.2 Å². The van der Waals surface area contributed by atoms with Gasteiger partial charge in [0.25, 0.3) is 0 Å². The Hall–Kier alpha value is -0.100. The molecule has 0 bridgehead atoms. The molecule has 0 spiro atoms. The van der Waals surface area contributed by atoms with Gasteiger partial charge in [-0.3, -0.25) is 0 Å². The topological polar surface area (TPSA) is 35.0 Å².